The van der Waals surface area contributed by atoms with E-state index in [4.69, 9.17) is 9.98 Å². The topological polar surface area (TPSA) is 24.7 Å². The minimum absolute atomic E-state index is 0. The monoisotopic (exact) mass is 504 g/mol. The molecule has 0 saturated heterocycles. The normalized spacial score (nSPS) is 12.1. The predicted molar refractivity (Wildman–Crippen MR) is 148 cm³/mol. The molecule has 3 heteroatoms. The molecule has 0 aliphatic rings. The molecular weight excluding hydrogens is 459 g/mol. The summed E-state index contributed by atoms with van der Waals surface area (Å²) in [4.78, 5) is 10.2. The van der Waals surface area contributed by atoms with Crippen LogP contribution in [0.15, 0.2) is 46.4 Å². The van der Waals surface area contributed by atoms with E-state index in [1.54, 1.807) is 0 Å². The summed E-state index contributed by atoms with van der Waals surface area (Å²) in [5, 5.41) is 0. The average molecular weight is 505 g/mol. The Morgan fingerprint density at radius 3 is 1.41 bits per heavy atom. The van der Waals surface area contributed by atoms with Crippen molar-refractivity contribution in [1.29, 1.82) is 0 Å². The van der Waals surface area contributed by atoms with Crippen LogP contribution in [0.1, 0.15) is 109 Å². The van der Waals surface area contributed by atoms with Gasteiger partial charge in [-0.2, -0.15) is 0 Å². The van der Waals surface area contributed by atoms with Crippen LogP contribution in [0.25, 0.3) is 0 Å². The Labute approximate surface area is 219 Å². The maximum absolute atomic E-state index is 5.18. The SMILES string of the molecule is CCCCCCCCC(=Nc1cc(CC)cc(CC)c1)C(C)=Nc1cc(CC)cc(CC)c1.[Ni]. The molecular formula is C31H46N2Ni. The van der Waals surface area contributed by atoms with Crippen molar-refractivity contribution in [2.75, 3.05) is 0 Å². The van der Waals surface area contributed by atoms with E-state index in [9.17, 15) is 0 Å². The minimum atomic E-state index is 0. The van der Waals surface area contributed by atoms with E-state index < -0.39 is 0 Å². The summed E-state index contributed by atoms with van der Waals surface area (Å²) in [6.07, 6.45) is 12.9. The molecule has 0 amide bonds. The number of hydrogen-bond donors (Lipinski definition) is 0. The third-order valence-corrected chi connectivity index (χ3v) is 6.45. The molecule has 2 aromatic carbocycles. The summed E-state index contributed by atoms with van der Waals surface area (Å²) in [5.41, 5.74) is 9.79. The Hall–Kier alpha value is -1.73. The van der Waals surface area contributed by atoms with E-state index in [0.29, 0.717) is 0 Å². The Morgan fingerprint density at radius 1 is 0.559 bits per heavy atom. The first-order valence-electron chi connectivity index (χ1n) is 13.4. The first-order chi connectivity index (χ1) is 16.0. The number of aliphatic imine (C=N–C) groups is 2. The van der Waals surface area contributed by atoms with Gasteiger partial charge in [-0.3, -0.25) is 9.98 Å². The van der Waals surface area contributed by atoms with Crippen LogP contribution in [0.4, 0.5) is 11.4 Å². The third kappa shape index (κ3) is 10.3. The second-order valence-electron chi connectivity index (χ2n) is 9.20. The Morgan fingerprint density at radius 2 is 0.971 bits per heavy atom. The maximum atomic E-state index is 5.18. The van der Waals surface area contributed by atoms with Crippen LogP contribution < -0.4 is 0 Å². The molecule has 0 aliphatic carbocycles. The van der Waals surface area contributed by atoms with E-state index in [1.165, 1.54) is 60.8 Å². The molecule has 2 nitrogen and oxygen atoms in total. The molecule has 0 spiro atoms. The van der Waals surface area contributed by atoms with Crippen molar-refractivity contribution in [3.63, 3.8) is 0 Å². The fourth-order valence-electron chi connectivity index (χ4n) is 4.24. The summed E-state index contributed by atoms with van der Waals surface area (Å²) >= 11 is 0. The largest absolute Gasteiger partial charge is 0.252 e. The van der Waals surface area contributed by atoms with Crippen molar-refractivity contribution < 1.29 is 16.5 Å². The molecule has 0 saturated carbocycles. The second kappa shape index (κ2) is 16.8. The summed E-state index contributed by atoms with van der Waals surface area (Å²) in [5.74, 6) is 0. The average Bonchev–Trinajstić information content (AvgIpc) is 2.84. The van der Waals surface area contributed by atoms with Crippen LogP contribution >= 0.6 is 0 Å². The van der Waals surface area contributed by atoms with Gasteiger partial charge in [0.25, 0.3) is 0 Å². The number of benzene rings is 2. The van der Waals surface area contributed by atoms with Crippen molar-refractivity contribution in [3.8, 4) is 0 Å². The van der Waals surface area contributed by atoms with E-state index in [0.717, 1.165) is 54.9 Å². The standard InChI is InChI=1S/C31H46N2.Ni/c1-7-12-13-14-15-16-17-31(33-30-22-27(10-4)19-28(11-5)23-30)24(6)32-29-20-25(8-2)18-26(9-3)21-29;/h18-23H,7-17H2,1-6H3;. The fraction of sp³-hybridized carbons (Fsp3) is 0.548. The van der Waals surface area contributed by atoms with Crippen LogP contribution in [-0.4, -0.2) is 11.4 Å². The second-order valence-corrected chi connectivity index (χ2v) is 9.20. The number of rotatable bonds is 14. The van der Waals surface area contributed by atoms with Gasteiger partial charge in [0, 0.05) is 16.5 Å². The number of unbranched alkanes of at least 4 members (excludes halogenated alkanes) is 5. The van der Waals surface area contributed by atoms with E-state index in [1.807, 2.05) is 0 Å². The minimum Gasteiger partial charge on any atom is -0.252 e. The van der Waals surface area contributed by atoms with Gasteiger partial charge < -0.3 is 0 Å². The van der Waals surface area contributed by atoms with Gasteiger partial charge in [-0.1, -0.05) is 78.9 Å². The summed E-state index contributed by atoms with van der Waals surface area (Å²) in [6.45, 7) is 13.3. The maximum Gasteiger partial charge on any atom is 0.0639 e. The molecule has 0 bridgehead atoms. The van der Waals surface area contributed by atoms with Gasteiger partial charge in [0.05, 0.1) is 22.8 Å². The van der Waals surface area contributed by atoms with Crippen LogP contribution in [0, 0.1) is 0 Å². The first-order valence-corrected chi connectivity index (χ1v) is 13.4. The summed E-state index contributed by atoms with van der Waals surface area (Å²) < 4.78 is 0. The zero-order valence-electron chi connectivity index (χ0n) is 22.5. The Kier molecular flexibility index (Phi) is 15.0. The van der Waals surface area contributed by atoms with Gasteiger partial charge in [0.2, 0.25) is 0 Å². The van der Waals surface area contributed by atoms with Gasteiger partial charge in [-0.25, -0.2) is 0 Å². The van der Waals surface area contributed by atoms with Crippen molar-refractivity contribution in [2.45, 2.75) is 112 Å². The molecule has 0 unspecified atom stereocenters. The van der Waals surface area contributed by atoms with Gasteiger partial charge >= 0.3 is 0 Å². The van der Waals surface area contributed by atoms with Crippen molar-refractivity contribution in [1.82, 2.24) is 0 Å². The molecule has 0 aromatic heterocycles. The fourth-order valence-corrected chi connectivity index (χ4v) is 4.24. The smallest absolute Gasteiger partial charge is 0.0639 e. The molecule has 0 radical (unpaired) electrons. The van der Waals surface area contributed by atoms with E-state index >= 15 is 0 Å². The zero-order valence-corrected chi connectivity index (χ0v) is 23.4. The van der Waals surface area contributed by atoms with Crippen LogP contribution in [0.2, 0.25) is 0 Å². The summed E-state index contributed by atoms with van der Waals surface area (Å²) in [6, 6.07) is 13.6. The molecule has 34 heavy (non-hydrogen) atoms. The van der Waals surface area contributed by atoms with E-state index in [2.05, 4.69) is 77.9 Å². The molecule has 0 heterocycles. The number of hydrogen-bond acceptors (Lipinski definition) is 2. The predicted octanol–water partition coefficient (Wildman–Crippen LogP) is 9.55. The molecule has 190 valence electrons. The molecule has 0 atom stereocenters. The van der Waals surface area contributed by atoms with Crippen molar-refractivity contribution in [2.24, 2.45) is 9.98 Å². The Balaban J connectivity index is 0.00000578. The van der Waals surface area contributed by atoms with Crippen LogP contribution in [0.5, 0.6) is 0 Å². The van der Waals surface area contributed by atoms with Gasteiger partial charge in [-0.15, -0.1) is 0 Å². The van der Waals surface area contributed by atoms with Crippen molar-refractivity contribution in [3.05, 3.63) is 58.7 Å². The van der Waals surface area contributed by atoms with E-state index in [-0.39, 0.29) is 16.5 Å². The molecule has 0 aliphatic heterocycles. The van der Waals surface area contributed by atoms with Gasteiger partial charge in [0.1, 0.15) is 0 Å². The van der Waals surface area contributed by atoms with Crippen LogP contribution in [0.3, 0.4) is 0 Å². The third-order valence-electron chi connectivity index (χ3n) is 6.45. The molecule has 2 aromatic rings. The number of nitrogens with zero attached hydrogens (tertiary/aromatic N) is 2. The zero-order chi connectivity index (χ0) is 24.1. The molecule has 0 N–H and O–H groups in total. The first kappa shape index (κ1) is 30.3. The Bertz CT molecular complexity index is 883. The van der Waals surface area contributed by atoms with Gasteiger partial charge in [0.15, 0.2) is 0 Å². The molecule has 2 rings (SSSR count). The summed E-state index contributed by atoms with van der Waals surface area (Å²) in [7, 11) is 0. The van der Waals surface area contributed by atoms with Crippen LogP contribution in [-0.2, 0) is 42.2 Å². The quantitative estimate of drug-likeness (QED) is 0.139. The number of aryl methyl sites for hydroxylation is 4. The van der Waals surface area contributed by atoms with Crippen molar-refractivity contribution >= 4 is 22.8 Å². The van der Waals surface area contributed by atoms with Gasteiger partial charge in [-0.05, 0) is 92.0 Å². The molecule has 0 fully saturated rings.